The van der Waals surface area contributed by atoms with Crippen LogP contribution in [-0.2, 0) is 9.53 Å². The van der Waals surface area contributed by atoms with E-state index in [-0.39, 0.29) is 31.0 Å². The van der Waals surface area contributed by atoms with Crippen molar-refractivity contribution in [1.29, 1.82) is 0 Å². The number of allylic oxidation sites excluding steroid dienone is 1. The SMILES string of the molecule is C[C@@H]1C=C[C@H](CO)[C@@H](C(=O)N2CCOC2=O)C1. The van der Waals surface area contributed by atoms with Gasteiger partial charge < -0.3 is 9.84 Å². The largest absolute Gasteiger partial charge is 0.447 e. The number of ether oxygens (including phenoxy) is 1. The van der Waals surface area contributed by atoms with Gasteiger partial charge >= 0.3 is 6.09 Å². The Labute approximate surface area is 100 Å². The average molecular weight is 239 g/mol. The Hall–Kier alpha value is -1.36. The molecule has 1 fully saturated rings. The summed E-state index contributed by atoms with van der Waals surface area (Å²) in [5, 5.41) is 9.27. The summed E-state index contributed by atoms with van der Waals surface area (Å²) in [6.07, 6.45) is 3.99. The second-order valence-corrected chi connectivity index (χ2v) is 4.66. The summed E-state index contributed by atoms with van der Waals surface area (Å²) in [6.45, 7) is 2.55. The van der Waals surface area contributed by atoms with Crippen molar-refractivity contribution < 1.29 is 19.4 Å². The Kier molecular flexibility index (Phi) is 3.47. The van der Waals surface area contributed by atoms with Crippen molar-refractivity contribution in [3.63, 3.8) is 0 Å². The second kappa shape index (κ2) is 4.87. The summed E-state index contributed by atoms with van der Waals surface area (Å²) in [6, 6.07) is 0. The molecule has 0 radical (unpaired) electrons. The van der Waals surface area contributed by atoms with E-state index in [0.29, 0.717) is 18.9 Å². The van der Waals surface area contributed by atoms with Crippen LogP contribution >= 0.6 is 0 Å². The van der Waals surface area contributed by atoms with Gasteiger partial charge in [-0.25, -0.2) is 9.69 Å². The highest BCUT2D eigenvalue weighted by molar-refractivity contribution is 5.94. The molecule has 0 aromatic rings. The average Bonchev–Trinajstić information content (AvgIpc) is 2.74. The number of amides is 2. The summed E-state index contributed by atoms with van der Waals surface area (Å²) in [4.78, 5) is 24.7. The van der Waals surface area contributed by atoms with Crippen LogP contribution in [0.2, 0.25) is 0 Å². The third kappa shape index (κ3) is 2.34. The molecule has 0 saturated carbocycles. The highest BCUT2D eigenvalue weighted by Crippen LogP contribution is 2.30. The molecule has 2 aliphatic rings. The van der Waals surface area contributed by atoms with Gasteiger partial charge in [0.15, 0.2) is 0 Å². The number of nitrogens with zero attached hydrogens (tertiary/aromatic N) is 1. The van der Waals surface area contributed by atoms with E-state index in [0.717, 1.165) is 4.90 Å². The maximum Gasteiger partial charge on any atom is 0.416 e. The van der Waals surface area contributed by atoms with Gasteiger partial charge in [0, 0.05) is 11.8 Å². The van der Waals surface area contributed by atoms with E-state index in [2.05, 4.69) is 0 Å². The number of hydrogen-bond acceptors (Lipinski definition) is 4. The summed E-state index contributed by atoms with van der Waals surface area (Å²) in [7, 11) is 0. The van der Waals surface area contributed by atoms with E-state index < -0.39 is 6.09 Å². The van der Waals surface area contributed by atoms with Gasteiger partial charge in [-0.05, 0) is 12.3 Å². The van der Waals surface area contributed by atoms with Crippen LogP contribution in [0, 0.1) is 17.8 Å². The number of rotatable bonds is 2. The van der Waals surface area contributed by atoms with Crippen molar-refractivity contribution in [2.75, 3.05) is 19.8 Å². The van der Waals surface area contributed by atoms with Crippen LogP contribution in [0.25, 0.3) is 0 Å². The lowest BCUT2D eigenvalue weighted by molar-refractivity contribution is -0.134. The molecule has 1 N–H and O–H groups in total. The first-order valence-electron chi connectivity index (χ1n) is 5.90. The minimum Gasteiger partial charge on any atom is -0.447 e. The molecule has 5 nitrogen and oxygen atoms in total. The third-order valence-electron chi connectivity index (χ3n) is 3.38. The predicted molar refractivity (Wildman–Crippen MR) is 60.0 cm³/mol. The first-order valence-corrected chi connectivity index (χ1v) is 5.90. The molecule has 2 amide bonds. The number of aliphatic hydroxyl groups excluding tert-OH is 1. The summed E-state index contributed by atoms with van der Waals surface area (Å²) in [5.74, 6) is -0.425. The molecule has 1 aliphatic carbocycles. The fourth-order valence-electron chi connectivity index (χ4n) is 2.39. The van der Waals surface area contributed by atoms with Crippen LogP contribution in [0.3, 0.4) is 0 Å². The fraction of sp³-hybridized carbons (Fsp3) is 0.667. The normalized spacial score (nSPS) is 32.7. The van der Waals surface area contributed by atoms with Gasteiger partial charge in [0.2, 0.25) is 5.91 Å². The van der Waals surface area contributed by atoms with Gasteiger partial charge in [-0.3, -0.25) is 4.79 Å². The minimum absolute atomic E-state index is 0.0670. The third-order valence-corrected chi connectivity index (χ3v) is 3.38. The molecular formula is C12H17NO4. The lowest BCUT2D eigenvalue weighted by Crippen LogP contribution is -2.41. The summed E-state index contributed by atoms with van der Waals surface area (Å²) >= 11 is 0. The highest BCUT2D eigenvalue weighted by atomic mass is 16.6. The maximum atomic E-state index is 12.2. The molecule has 0 spiro atoms. The second-order valence-electron chi connectivity index (χ2n) is 4.66. The van der Waals surface area contributed by atoms with E-state index >= 15 is 0 Å². The molecule has 5 heteroatoms. The van der Waals surface area contributed by atoms with Gasteiger partial charge in [-0.1, -0.05) is 19.1 Å². The van der Waals surface area contributed by atoms with Gasteiger partial charge in [0.05, 0.1) is 13.2 Å². The van der Waals surface area contributed by atoms with Crippen LogP contribution in [0.1, 0.15) is 13.3 Å². The van der Waals surface area contributed by atoms with Crippen LogP contribution in [0.4, 0.5) is 4.79 Å². The molecule has 2 rings (SSSR count). The molecule has 0 aromatic carbocycles. The van der Waals surface area contributed by atoms with Crippen LogP contribution in [0.15, 0.2) is 12.2 Å². The van der Waals surface area contributed by atoms with Gasteiger partial charge in [0.25, 0.3) is 0 Å². The molecule has 0 bridgehead atoms. The first kappa shape index (κ1) is 12.1. The molecule has 1 aliphatic heterocycles. The Morgan fingerprint density at radius 2 is 2.35 bits per heavy atom. The number of imide groups is 1. The monoisotopic (exact) mass is 239 g/mol. The quantitative estimate of drug-likeness (QED) is 0.723. The zero-order chi connectivity index (χ0) is 12.4. The van der Waals surface area contributed by atoms with Crippen molar-refractivity contribution in [1.82, 2.24) is 4.90 Å². The maximum absolute atomic E-state index is 12.2. The van der Waals surface area contributed by atoms with Crippen molar-refractivity contribution in [2.24, 2.45) is 17.8 Å². The smallest absolute Gasteiger partial charge is 0.416 e. The lowest BCUT2D eigenvalue weighted by atomic mass is 9.79. The summed E-state index contributed by atoms with van der Waals surface area (Å²) in [5.41, 5.74) is 0. The first-order chi connectivity index (χ1) is 8.13. The molecule has 94 valence electrons. The zero-order valence-corrected chi connectivity index (χ0v) is 9.83. The molecule has 3 atom stereocenters. The lowest BCUT2D eigenvalue weighted by Gasteiger charge is -2.30. The van der Waals surface area contributed by atoms with Crippen molar-refractivity contribution >= 4 is 12.0 Å². The van der Waals surface area contributed by atoms with Crippen LogP contribution in [0.5, 0.6) is 0 Å². The van der Waals surface area contributed by atoms with E-state index in [9.17, 15) is 14.7 Å². The number of hydrogen-bond donors (Lipinski definition) is 1. The van der Waals surface area contributed by atoms with Gasteiger partial charge in [-0.2, -0.15) is 0 Å². The number of carbonyl (C=O) groups excluding carboxylic acids is 2. The molecule has 17 heavy (non-hydrogen) atoms. The van der Waals surface area contributed by atoms with Crippen LogP contribution < -0.4 is 0 Å². The predicted octanol–water partition coefficient (Wildman–Crippen LogP) is 0.786. The van der Waals surface area contributed by atoms with Gasteiger partial charge in [0.1, 0.15) is 6.61 Å². The van der Waals surface area contributed by atoms with E-state index in [1.165, 1.54) is 0 Å². The van der Waals surface area contributed by atoms with E-state index in [4.69, 9.17) is 4.74 Å². The van der Waals surface area contributed by atoms with E-state index in [1.54, 1.807) is 0 Å². The molecule has 0 aromatic heterocycles. The fourth-order valence-corrected chi connectivity index (χ4v) is 2.39. The Morgan fingerprint density at radius 1 is 1.59 bits per heavy atom. The molecule has 1 saturated heterocycles. The Balaban J connectivity index is 2.12. The topological polar surface area (TPSA) is 66.8 Å². The molecular weight excluding hydrogens is 222 g/mol. The molecule has 1 heterocycles. The van der Waals surface area contributed by atoms with Crippen molar-refractivity contribution in [2.45, 2.75) is 13.3 Å². The van der Waals surface area contributed by atoms with Crippen molar-refractivity contribution in [3.05, 3.63) is 12.2 Å². The summed E-state index contributed by atoms with van der Waals surface area (Å²) < 4.78 is 4.76. The van der Waals surface area contributed by atoms with Gasteiger partial charge in [-0.15, -0.1) is 0 Å². The Morgan fingerprint density at radius 3 is 2.94 bits per heavy atom. The number of cyclic esters (lactones) is 1. The Bertz CT molecular complexity index is 352. The highest BCUT2D eigenvalue weighted by Gasteiger charge is 2.38. The van der Waals surface area contributed by atoms with Crippen molar-refractivity contribution in [3.8, 4) is 0 Å². The number of carbonyl (C=O) groups is 2. The van der Waals surface area contributed by atoms with Crippen LogP contribution in [-0.4, -0.2) is 41.8 Å². The molecule has 0 unspecified atom stereocenters. The van der Waals surface area contributed by atoms with E-state index in [1.807, 2.05) is 19.1 Å². The number of aliphatic hydroxyl groups is 1. The standard InChI is InChI=1S/C12H17NO4/c1-8-2-3-9(7-14)10(6-8)11(15)13-4-5-17-12(13)16/h2-3,8-10,14H,4-7H2,1H3/t8-,9-,10+/m1/s1. The zero-order valence-electron chi connectivity index (χ0n) is 9.83. The minimum atomic E-state index is -0.561.